The molecule has 1 saturated heterocycles. The van der Waals surface area contributed by atoms with Crippen LogP contribution < -0.4 is 5.73 Å². The number of epoxide rings is 1. The largest absolute Gasteiger partial charge is 0.367 e. The first kappa shape index (κ1) is 16.6. The Morgan fingerprint density at radius 3 is 2.35 bits per heavy atom. The first-order valence-electron chi connectivity index (χ1n) is 7.44. The van der Waals surface area contributed by atoms with E-state index in [9.17, 15) is 9.59 Å². The van der Waals surface area contributed by atoms with Crippen LogP contribution in [0.15, 0.2) is 24.3 Å². The Hall–Kier alpha value is -1.42. The average molecular weight is 279 g/mol. The number of primary amides is 1. The molecule has 1 fully saturated rings. The molecule has 4 heteroatoms. The van der Waals surface area contributed by atoms with Crippen LogP contribution in [0.4, 0.5) is 0 Å². The van der Waals surface area contributed by atoms with E-state index in [1.54, 1.807) is 0 Å². The van der Waals surface area contributed by atoms with Crippen molar-refractivity contribution in [2.24, 2.45) is 5.73 Å². The second kappa shape index (κ2) is 9.48. The number of ether oxygens (including phenoxy) is 1. The number of hydrogen-bond acceptors (Lipinski definition) is 3. The number of Topliss-reactive ketones (excluding diaryl/α,β-unsaturated/α-hetero) is 1. The lowest BCUT2D eigenvalue weighted by atomic mass is 10.1. The zero-order valence-corrected chi connectivity index (χ0v) is 12.2. The molecule has 0 aromatic rings. The fourth-order valence-electron chi connectivity index (χ4n) is 1.96. The Kier molecular flexibility index (Phi) is 7.88. The van der Waals surface area contributed by atoms with Gasteiger partial charge in [0.2, 0.25) is 5.91 Å². The van der Waals surface area contributed by atoms with Gasteiger partial charge in [-0.15, -0.1) is 0 Å². The van der Waals surface area contributed by atoms with Crippen LogP contribution in [-0.4, -0.2) is 23.9 Å². The molecule has 112 valence electrons. The maximum Gasteiger partial charge on any atom is 0.249 e. The number of unbranched alkanes of at least 4 members (excludes halogenated alkanes) is 3. The van der Waals surface area contributed by atoms with Crippen molar-refractivity contribution in [2.75, 3.05) is 0 Å². The standard InChI is InChI=1S/C16H25NO3/c1-2-3-4-5-6-7-8-9-10-11-12-13(18)14-15(20-14)16(17)19/h6-7,9-10,14-15H,2-5,8,11-12H2,1H3,(H2,17,19)/b7-6+,10-9+/t14-,15-/m1/s1. The van der Waals surface area contributed by atoms with Gasteiger partial charge in [0.1, 0.15) is 0 Å². The van der Waals surface area contributed by atoms with Gasteiger partial charge >= 0.3 is 0 Å². The van der Waals surface area contributed by atoms with Crippen molar-refractivity contribution in [1.82, 2.24) is 0 Å². The molecule has 0 spiro atoms. The minimum Gasteiger partial charge on any atom is -0.367 e. The number of carbonyl (C=O) groups excluding carboxylic acids is 2. The van der Waals surface area contributed by atoms with Crippen LogP contribution in [0.2, 0.25) is 0 Å². The fourth-order valence-corrected chi connectivity index (χ4v) is 1.96. The van der Waals surface area contributed by atoms with Crippen LogP contribution in [0.3, 0.4) is 0 Å². The van der Waals surface area contributed by atoms with Gasteiger partial charge in [-0.25, -0.2) is 0 Å². The van der Waals surface area contributed by atoms with Gasteiger partial charge in [-0.1, -0.05) is 44.1 Å². The van der Waals surface area contributed by atoms with Crippen LogP contribution in [-0.2, 0) is 14.3 Å². The molecule has 0 bridgehead atoms. The topological polar surface area (TPSA) is 72.7 Å². The van der Waals surface area contributed by atoms with E-state index in [-0.39, 0.29) is 5.78 Å². The summed E-state index contributed by atoms with van der Waals surface area (Å²) in [6, 6.07) is 0. The van der Waals surface area contributed by atoms with Crippen molar-refractivity contribution in [3.05, 3.63) is 24.3 Å². The van der Waals surface area contributed by atoms with Crippen molar-refractivity contribution in [3.63, 3.8) is 0 Å². The van der Waals surface area contributed by atoms with Gasteiger partial charge < -0.3 is 10.5 Å². The molecule has 0 aromatic carbocycles. The number of hydrogen-bond donors (Lipinski definition) is 1. The average Bonchev–Trinajstić information content (AvgIpc) is 3.21. The summed E-state index contributed by atoms with van der Waals surface area (Å²) in [6.45, 7) is 2.20. The zero-order chi connectivity index (χ0) is 14.8. The highest BCUT2D eigenvalue weighted by Gasteiger charge is 2.48. The smallest absolute Gasteiger partial charge is 0.249 e. The monoisotopic (exact) mass is 279 g/mol. The number of allylic oxidation sites excluding steroid dienone is 4. The molecule has 0 radical (unpaired) electrons. The molecule has 0 saturated carbocycles. The number of ketones is 1. The van der Waals surface area contributed by atoms with Crippen molar-refractivity contribution >= 4 is 11.7 Å². The summed E-state index contributed by atoms with van der Waals surface area (Å²) in [5.41, 5.74) is 5.04. The molecule has 20 heavy (non-hydrogen) atoms. The highest BCUT2D eigenvalue weighted by Crippen LogP contribution is 2.24. The SMILES string of the molecule is CCCCC/C=C/C/C=C/CCC(=O)[C@H]1O[C@H]1C(N)=O. The molecular formula is C16H25NO3. The third-order valence-electron chi connectivity index (χ3n) is 3.23. The lowest BCUT2D eigenvalue weighted by molar-refractivity contribution is -0.121. The summed E-state index contributed by atoms with van der Waals surface area (Å²) >= 11 is 0. The van der Waals surface area contributed by atoms with E-state index < -0.39 is 18.1 Å². The number of rotatable bonds is 11. The van der Waals surface area contributed by atoms with E-state index in [0.29, 0.717) is 12.8 Å². The van der Waals surface area contributed by atoms with Gasteiger partial charge in [-0.2, -0.15) is 0 Å². The van der Waals surface area contributed by atoms with Crippen molar-refractivity contribution in [3.8, 4) is 0 Å². The summed E-state index contributed by atoms with van der Waals surface area (Å²) in [6.07, 6.45) is 14.1. The first-order chi connectivity index (χ1) is 9.66. The highest BCUT2D eigenvalue weighted by molar-refractivity contribution is 5.95. The van der Waals surface area contributed by atoms with Gasteiger partial charge in [0.25, 0.3) is 0 Å². The van der Waals surface area contributed by atoms with Gasteiger partial charge in [0.15, 0.2) is 18.0 Å². The maximum atomic E-state index is 11.6. The summed E-state index contributed by atoms with van der Waals surface area (Å²) in [5, 5.41) is 0. The quantitative estimate of drug-likeness (QED) is 0.359. The van der Waals surface area contributed by atoms with Crippen LogP contribution in [0.5, 0.6) is 0 Å². The minimum absolute atomic E-state index is 0.0337. The van der Waals surface area contributed by atoms with Gasteiger partial charge in [0, 0.05) is 6.42 Å². The second-order valence-electron chi connectivity index (χ2n) is 5.06. The van der Waals surface area contributed by atoms with Gasteiger partial charge in [-0.05, 0) is 25.7 Å². The van der Waals surface area contributed by atoms with Gasteiger partial charge in [-0.3, -0.25) is 9.59 Å². The lowest BCUT2D eigenvalue weighted by Crippen LogP contribution is -2.22. The van der Waals surface area contributed by atoms with Crippen molar-refractivity contribution in [1.29, 1.82) is 0 Å². The molecule has 1 amide bonds. The third kappa shape index (κ3) is 6.66. The van der Waals surface area contributed by atoms with E-state index in [0.717, 1.165) is 12.8 Å². The van der Waals surface area contributed by atoms with Crippen LogP contribution in [0, 0.1) is 0 Å². The third-order valence-corrected chi connectivity index (χ3v) is 3.23. The molecule has 1 rings (SSSR count). The van der Waals surface area contributed by atoms with Crippen LogP contribution >= 0.6 is 0 Å². The minimum atomic E-state index is -0.683. The number of amides is 1. The molecule has 0 aliphatic carbocycles. The fraction of sp³-hybridized carbons (Fsp3) is 0.625. The predicted octanol–water partition coefficient (Wildman–Crippen LogP) is 2.67. The maximum absolute atomic E-state index is 11.6. The lowest BCUT2D eigenvalue weighted by Gasteiger charge is -1.92. The van der Waals surface area contributed by atoms with Crippen LogP contribution in [0.25, 0.3) is 0 Å². The Labute approximate surface area is 121 Å². The Morgan fingerprint density at radius 2 is 1.75 bits per heavy atom. The molecule has 1 aliphatic rings. The van der Waals surface area contributed by atoms with E-state index in [1.165, 1.54) is 19.3 Å². The molecule has 1 aliphatic heterocycles. The molecule has 4 nitrogen and oxygen atoms in total. The van der Waals surface area contributed by atoms with E-state index >= 15 is 0 Å². The molecular weight excluding hydrogens is 254 g/mol. The van der Waals surface area contributed by atoms with E-state index in [1.807, 2.05) is 6.08 Å². The van der Waals surface area contributed by atoms with Crippen molar-refractivity contribution in [2.45, 2.75) is 64.1 Å². The van der Waals surface area contributed by atoms with E-state index in [2.05, 4.69) is 25.2 Å². The Balaban J connectivity index is 2.00. The molecule has 2 N–H and O–H groups in total. The molecule has 0 unspecified atom stereocenters. The second-order valence-corrected chi connectivity index (χ2v) is 5.06. The Morgan fingerprint density at radius 1 is 1.05 bits per heavy atom. The Bertz CT molecular complexity index is 374. The first-order valence-corrected chi connectivity index (χ1v) is 7.44. The highest BCUT2D eigenvalue weighted by atomic mass is 16.6. The molecule has 0 aromatic heterocycles. The molecule has 1 heterocycles. The zero-order valence-electron chi connectivity index (χ0n) is 12.2. The summed E-state index contributed by atoms with van der Waals surface area (Å²) in [7, 11) is 0. The number of nitrogens with two attached hydrogens (primary N) is 1. The summed E-state index contributed by atoms with van der Waals surface area (Å²) < 4.78 is 4.92. The van der Waals surface area contributed by atoms with Crippen molar-refractivity contribution < 1.29 is 14.3 Å². The van der Waals surface area contributed by atoms with Gasteiger partial charge in [0.05, 0.1) is 0 Å². The molecule has 2 atom stereocenters. The normalized spacial score (nSPS) is 21.6. The van der Waals surface area contributed by atoms with E-state index in [4.69, 9.17) is 10.5 Å². The number of carbonyl (C=O) groups is 2. The van der Waals surface area contributed by atoms with Crippen LogP contribution in [0.1, 0.15) is 51.9 Å². The summed E-state index contributed by atoms with van der Waals surface area (Å²) in [5.74, 6) is -0.583. The summed E-state index contributed by atoms with van der Waals surface area (Å²) in [4.78, 5) is 22.3. The predicted molar refractivity (Wildman–Crippen MR) is 79.1 cm³/mol.